The van der Waals surface area contributed by atoms with Crippen LogP contribution in [0.4, 0.5) is 13.2 Å². The number of benzene rings is 1. The number of ether oxygens (including phenoxy) is 2. The summed E-state index contributed by atoms with van der Waals surface area (Å²) in [6.45, 7) is 0. The highest BCUT2D eigenvalue weighted by molar-refractivity contribution is 5.58. The number of hydrogen-bond donors (Lipinski definition) is 0. The SMILES string of the molecule is COc1ccc(C(F)(F)F)c(C2(N=C=O)CC2)c1OC. The smallest absolute Gasteiger partial charge is 0.416 e. The molecule has 0 amide bonds. The fraction of sp³-hybridized carbons (Fsp3) is 0.462. The molecule has 0 bridgehead atoms. The van der Waals surface area contributed by atoms with Gasteiger partial charge in [0.25, 0.3) is 0 Å². The molecule has 1 fully saturated rings. The zero-order chi connectivity index (χ0) is 15.0. The molecule has 0 heterocycles. The van der Waals surface area contributed by atoms with E-state index in [0.717, 1.165) is 6.07 Å². The van der Waals surface area contributed by atoms with Gasteiger partial charge >= 0.3 is 6.18 Å². The van der Waals surface area contributed by atoms with Gasteiger partial charge in [0.2, 0.25) is 6.08 Å². The Labute approximate surface area is 113 Å². The van der Waals surface area contributed by atoms with E-state index in [4.69, 9.17) is 9.47 Å². The second-order valence-corrected chi connectivity index (χ2v) is 4.46. The molecule has 0 unspecified atom stereocenters. The van der Waals surface area contributed by atoms with Gasteiger partial charge in [-0.1, -0.05) is 0 Å². The molecule has 0 saturated heterocycles. The fourth-order valence-electron chi connectivity index (χ4n) is 2.25. The van der Waals surface area contributed by atoms with Crippen molar-refractivity contribution in [3.63, 3.8) is 0 Å². The number of methoxy groups -OCH3 is 2. The van der Waals surface area contributed by atoms with Crippen LogP contribution < -0.4 is 9.47 Å². The van der Waals surface area contributed by atoms with Crippen LogP contribution in [0.25, 0.3) is 0 Å². The van der Waals surface area contributed by atoms with Crippen molar-refractivity contribution in [2.24, 2.45) is 4.99 Å². The number of aliphatic imine (C=N–C) groups is 1. The summed E-state index contributed by atoms with van der Waals surface area (Å²) < 4.78 is 49.6. The Morgan fingerprint density at radius 1 is 1.25 bits per heavy atom. The number of nitrogens with zero attached hydrogens (tertiary/aromatic N) is 1. The number of hydrogen-bond acceptors (Lipinski definition) is 4. The first-order valence-electron chi connectivity index (χ1n) is 5.81. The first-order valence-corrected chi connectivity index (χ1v) is 5.81. The van der Waals surface area contributed by atoms with Crippen LogP contribution in [0.2, 0.25) is 0 Å². The molecule has 108 valence electrons. The van der Waals surface area contributed by atoms with Crippen LogP contribution in [-0.4, -0.2) is 20.3 Å². The fourth-order valence-corrected chi connectivity index (χ4v) is 2.25. The van der Waals surface area contributed by atoms with Crippen molar-refractivity contribution in [3.8, 4) is 11.5 Å². The average molecular weight is 287 g/mol. The number of alkyl halides is 3. The molecule has 4 nitrogen and oxygen atoms in total. The highest BCUT2D eigenvalue weighted by Crippen LogP contribution is 2.57. The maximum absolute atomic E-state index is 13.2. The van der Waals surface area contributed by atoms with Crippen LogP contribution >= 0.6 is 0 Å². The molecule has 1 aliphatic carbocycles. The summed E-state index contributed by atoms with van der Waals surface area (Å²) in [6, 6.07) is 2.10. The number of carbonyl (C=O) groups excluding carboxylic acids is 1. The molecule has 7 heteroatoms. The van der Waals surface area contributed by atoms with Gasteiger partial charge in [-0.3, -0.25) is 0 Å². The molecular formula is C13H12F3NO3. The van der Waals surface area contributed by atoms with Crippen molar-refractivity contribution < 1.29 is 27.4 Å². The summed E-state index contributed by atoms with van der Waals surface area (Å²) >= 11 is 0. The van der Waals surface area contributed by atoms with E-state index in [1.54, 1.807) is 0 Å². The van der Waals surface area contributed by atoms with Gasteiger partial charge in [-0.2, -0.15) is 18.2 Å². The molecular weight excluding hydrogens is 275 g/mol. The maximum atomic E-state index is 13.2. The van der Waals surface area contributed by atoms with E-state index in [2.05, 4.69) is 4.99 Å². The molecule has 2 rings (SSSR count). The summed E-state index contributed by atoms with van der Waals surface area (Å²) in [4.78, 5) is 14.1. The number of halogens is 3. The molecule has 20 heavy (non-hydrogen) atoms. The molecule has 1 aliphatic rings. The average Bonchev–Trinajstić information content (AvgIpc) is 3.17. The van der Waals surface area contributed by atoms with Crippen LogP contribution in [0.3, 0.4) is 0 Å². The Morgan fingerprint density at radius 3 is 2.30 bits per heavy atom. The summed E-state index contributed by atoms with van der Waals surface area (Å²) in [5.41, 5.74) is -2.23. The van der Waals surface area contributed by atoms with E-state index < -0.39 is 17.3 Å². The molecule has 0 spiro atoms. The lowest BCUT2D eigenvalue weighted by molar-refractivity contribution is -0.138. The van der Waals surface area contributed by atoms with Crippen LogP contribution in [-0.2, 0) is 16.5 Å². The minimum atomic E-state index is -4.57. The predicted molar refractivity (Wildman–Crippen MR) is 63.6 cm³/mol. The maximum Gasteiger partial charge on any atom is 0.416 e. The van der Waals surface area contributed by atoms with Gasteiger partial charge in [0, 0.05) is 5.56 Å². The highest BCUT2D eigenvalue weighted by Gasteiger charge is 2.52. The van der Waals surface area contributed by atoms with Crippen LogP contribution in [0, 0.1) is 0 Å². The van der Waals surface area contributed by atoms with Crippen LogP contribution in [0.1, 0.15) is 24.0 Å². The van der Waals surface area contributed by atoms with Crippen molar-refractivity contribution in [1.29, 1.82) is 0 Å². The lowest BCUT2D eigenvalue weighted by Crippen LogP contribution is -2.17. The van der Waals surface area contributed by atoms with E-state index in [9.17, 15) is 18.0 Å². The normalized spacial score (nSPS) is 16.2. The standard InChI is InChI=1S/C13H12F3NO3/c1-19-9-4-3-8(13(14,15)16)10(11(9)20-2)12(5-6-12)17-7-18/h3-4H,5-6H2,1-2H3. The summed E-state index contributed by atoms with van der Waals surface area (Å²) in [7, 11) is 2.58. The van der Waals surface area contributed by atoms with Crippen molar-refractivity contribution in [1.82, 2.24) is 0 Å². The molecule has 1 saturated carbocycles. The molecule has 1 aromatic carbocycles. The third kappa shape index (κ3) is 2.25. The lowest BCUT2D eigenvalue weighted by atomic mass is 9.96. The van der Waals surface area contributed by atoms with Gasteiger partial charge in [0.1, 0.15) is 5.54 Å². The Hall–Kier alpha value is -2.01. The summed E-state index contributed by atoms with van der Waals surface area (Å²) in [6.07, 6.45) is -2.53. The highest BCUT2D eigenvalue weighted by atomic mass is 19.4. The second kappa shape index (κ2) is 4.83. The Bertz CT molecular complexity index is 573. The summed E-state index contributed by atoms with van der Waals surface area (Å²) in [5.74, 6) is 0.127. The van der Waals surface area contributed by atoms with Gasteiger partial charge in [-0.25, -0.2) is 4.79 Å². The van der Waals surface area contributed by atoms with Gasteiger partial charge in [-0.05, 0) is 25.0 Å². The number of rotatable bonds is 4. The third-order valence-electron chi connectivity index (χ3n) is 3.30. The van der Waals surface area contributed by atoms with E-state index in [-0.39, 0.29) is 17.1 Å². The van der Waals surface area contributed by atoms with Gasteiger partial charge in [-0.15, -0.1) is 0 Å². The second-order valence-electron chi connectivity index (χ2n) is 4.46. The topological polar surface area (TPSA) is 47.9 Å². The minimum absolute atomic E-state index is 0.0428. The molecule has 0 N–H and O–H groups in total. The Morgan fingerprint density at radius 2 is 1.90 bits per heavy atom. The van der Waals surface area contributed by atoms with Crippen LogP contribution in [0.15, 0.2) is 17.1 Å². The van der Waals surface area contributed by atoms with Crippen molar-refractivity contribution in [3.05, 3.63) is 23.3 Å². The lowest BCUT2D eigenvalue weighted by Gasteiger charge is -2.21. The van der Waals surface area contributed by atoms with Crippen molar-refractivity contribution >= 4 is 6.08 Å². The minimum Gasteiger partial charge on any atom is -0.493 e. The monoisotopic (exact) mass is 287 g/mol. The van der Waals surface area contributed by atoms with Crippen molar-refractivity contribution in [2.75, 3.05) is 14.2 Å². The third-order valence-corrected chi connectivity index (χ3v) is 3.30. The molecule has 0 aliphatic heterocycles. The Kier molecular flexibility index (Phi) is 3.48. The van der Waals surface area contributed by atoms with Gasteiger partial charge < -0.3 is 9.47 Å². The first-order chi connectivity index (χ1) is 9.39. The molecule has 0 atom stereocenters. The van der Waals surface area contributed by atoms with Gasteiger partial charge in [0.15, 0.2) is 11.5 Å². The molecule has 0 aromatic heterocycles. The number of isocyanates is 1. The van der Waals surface area contributed by atoms with Crippen molar-refractivity contribution in [2.45, 2.75) is 24.6 Å². The quantitative estimate of drug-likeness (QED) is 0.631. The van der Waals surface area contributed by atoms with Gasteiger partial charge in [0.05, 0.1) is 19.8 Å². The summed E-state index contributed by atoms with van der Waals surface area (Å²) in [5, 5.41) is 0. The van der Waals surface area contributed by atoms with E-state index in [1.807, 2.05) is 0 Å². The zero-order valence-electron chi connectivity index (χ0n) is 10.9. The van der Waals surface area contributed by atoms with E-state index in [0.29, 0.717) is 12.8 Å². The molecule has 0 radical (unpaired) electrons. The van der Waals surface area contributed by atoms with Crippen LogP contribution in [0.5, 0.6) is 11.5 Å². The predicted octanol–water partition coefficient (Wildman–Crippen LogP) is 3.05. The van der Waals surface area contributed by atoms with E-state index >= 15 is 0 Å². The first kappa shape index (κ1) is 14.4. The molecule has 1 aromatic rings. The Balaban J connectivity index is 2.76. The largest absolute Gasteiger partial charge is 0.493 e. The zero-order valence-corrected chi connectivity index (χ0v) is 10.9. The van der Waals surface area contributed by atoms with E-state index in [1.165, 1.54) is 26.4 Å².